The number of benzene rings is 2. The van der Waals surface area contributed by atoms with Crippen LogP contribution >= 0.6 is 0 Å². The van der Waals surface area contributed by atoms with Crippen LogP contribution in [0.3, 0.4) is 0 Å². The number of rotatable bonds is 5. The van der Waals surface area contributed by atoms with Crippen molar-refractivity contribution in [2.45, 2.75) is 39.0 Å². The molecule has 0 radical (unpaired) electrons. The predicted molar refractivity (Wildman–Crippen MR) is 100 cm³/mol. The van der Waals surface area contributed by atoms with Gasteiger partial charge in [-0.3, -0.25) is 4.79 Å². The Morgan fingerprint density at radius 2 is 1.72 bits per heavy atom. The number of amides is 1. The van der Waals surface area contributed by atoms with Crippen LogP contribution in [0.4, 0.5) is 5.69 Å². The van der Waals surface area contributed by atoms with Crippen LogP contribution in [0.25, 0.3) is 0 Å². The van der Waals surface area contributed by atoms with E-state index < -0.39 is 10.0 Å². The highest BCUT2D eigenvalue weighted by atomic mass is 32.2. The van der Waals surface area contributed by atoms with E-state index in [1.54, 1.807) is 19.1 Å². The number of primary sulfonamides is 1. The van der Waals surface area contributed by atoms with Gasteiger partial charge in [0.25, 0.3) is 5.91 Å². The summed E-state index contributed by atoms with van der Waals surface area (Å²) in [5.41, 5.74) is 3.69. The van der Waals surface area contributed by atoms with Gasteiger partial charge in [-0.1, -0.05) is 26.0 Å². The SMILES string of the molecule is Cc1cc(S(N)(=O)=O)cc(NC(=O)c2ccc(CC(C)C)cc2)c1C. The summed E-state index contributed by atoms with van der Waals surface area (Å²) in [7, 11) is -3.83. The second-order valence-electron chi connectivity index (χ2n) is 6.71. The van der Waals surface area contributed by atoms with Gasteiger partial charge in [0.2, 0.25) is 10.0 Å². The molecule has 2 rings (SSSR count). The van der Waals surface area contributed by atoms with Gasteiger partial charge in [-0.05, 0) is 67.1 Å². The number of nitrogens with two attached hydrogens (primary N) is 1. The van der Waals surface area contributed by atoms with Crippen molar-refractivity contribution in [3.8, 4) is 0 Å². The van der Waals surface area contributed by atoms with Crippen LogP contribution in [0.15, 0.2) is 41.3 Å². The third kappa shape index (κ3) is 4.90. The van der Waals surface area contributed by atoms with Crippen LogP contribution in [-0.2, 0) is 16.4 Å². The number of aryl methyl sites for hydroxylation is 1. The van der Waals surface area contributed by atoms with Crippen molar-refractivity contribution >= 4 is 21.6 Å². The van der Waals surface area contributed by atoms with Crippen molar-refractivity contribution in [1.82, 2.24) is 0 Å². The first-order chi connectivity index (χ1) is 11.6. The lowest BCUT2D eigenvalue weighted by Gasteiger charge is -2.13. The van der Waals surface area contributed by atoms with Crippen molar-refractivity contribution < 1.29 is 13.2 Å². The Balaban J connectivity index is 2.27. The number of hydrogen-bond donors (Lipinski definition) is 2. The van der Waals surface area contributed by atoms with Crippen LogP contribution in [0.1, 0.15) is 40.9 Å². The van der Waals surface area contributed by atoms with E-state index in [0.29, 0.717) is 17.2 Å². The molecule has 0 bridgehead atoms. The largest absolute Gasteiger partial charge is 0.322 e. The van der Waals surface area contributed by atoms with Crippen LogP contribution in [0.2, 0.25) is 0 Å². The van der Waals surface area contributed by atoms with E-state index in [-0.39, 0.29) is 10.8 Å². The van der Waals surface area contributed by atoms with Crippen LogP contribution < -0.4 is 10.5 Å². The first kappa shape index (κ1) is 19.1. The third-order valence-corrected chi connectivity index (χ3v) is 4.97. The Hall–Kier alpha value is -2.18. The van der Waals surface area contributed by atoms with E-state index in [9.17, 15) is 13.2 Å². The number of sulfonamides is 1. The highest BCUT2D eigenvalue weighted by Gasteiger charge is 2.15. The van der Waals surface area contributed by atoms with E-state index in [1.807, 2.05) is 19.1 Å². The first-order valence-corrected chi connectivity index (χ1v) is 9.67. The van der Waals surface area contributed by atoms with Gasteiger partial charge in [0.15, 0.2) is 0 Å². The van der Waals surface area contributed by atoms with Gasteiger partial charge in [0.05, 0.1) is 4.90 Å². The molecule has 0 fully saturated rings. The highest BCUT2D eigenvalue weighted by molar-refractivity contribution is 7.89. The summed E-state index contributed by atoms with van der Waals surface area (Å²) in [6.07, 6.45) is 0.955. The Labute approximate surface area is 149 Å². The molecule has 0 aliphatic rings. The third-order valence-electron chi connectivity index (χ3n) is 4.08. The minimum absolute atomic E-state index is 0.0156. The number of hydrogen-bond acceptors (Lipinski definition) is 3. The molecule has 25 heavy (non-hydrogen) atoms. The minimum Gasteiger partial charge on any atom is -0.322 e. The summed E-state index contributed by atoms with van der Waals surface area (Å²) in [5.74, 6) is 0.261. The lowest BCUT2D eigenvalue weighted by Crippen LogP contribution is -2.16. The maximum atomic E-state index is 12.5. The quantitative estimate of drug-likeness (QED) is 0.856. The van der Waals surface area contributed by atoms with Crippen LogP contribution in [-0.4, -0.2) is 14.3 Å². The molecule has 0 spiro atoms. The summed E-state index contributed by atoms with van der Waals surface area (Å²) < 4.78 is 23.2. The Morgan fingerprint density at radius 3 is 2.24 bits per heavy atom. The standard InChI is InChI=1S/C19H24N2O3S/c1-12(2)9-15-5-7-16(8-6-15)19(22)21-18-11-17(25(20,23)24)10-13(3)14(18)4/h5-8,10-12H,9H2,1-4H3,(H,21,22)(H2,20,23,24). The molecule has 2 aromatic rings. The maximum Gasteiger partial charge on any atom is 0.255 e. The van der Waals surface area contributed by atoms with Gasteiger partial charge in [-0.15, -0.1) is 0 Å². The molecular weight excluding hydrogens is 336 g/mol. The van der Waals surface area contributed by atoms with Gasteiger partial charge in [0.1, 0.15) is 0 Å². The zero-order valence-electron chi connectivity index (χ0n) is 15.0. The Kier molecular flexibility index (Phi) is 5.65. The minimum atomic E-state index is -3.83. The summed E-state index contributed by atoms with van der Waals surface area (Å²) in [5, 5.41) is 7.98. The molecule has 0 saturated carbocycles. The normalized spacial score (nSPS) is 11.6. The molecule has 6 heteroatoms. The van der Waals surface area contributed by atoms with Gasteiger partial charge in [0, 0.05) is 11.3 Å². The number of nitrogens with one attached hydrogen (secondary N) is 1. The highest BCUT2D eigenvalue weighted by Crippen LogP contribution is 2.24. The second kappa shape index (κ2) is 7.37. The van der Waals surface area contributed by atoms with Crippen LogP contribution in [0, 0.1) is 19.8 Å². The van der Waals surface area contributed by atoms with Crippen molar-refractivity contribution in [1.29, 1.82) is 0 Å². The average Bonchev–Trinajstić information content (AvgIpc) is 2.50. The molecule has 0 aliphatic carbocycles. The number of carbonyl (C=O) groups excluding carboxylic acids is 1. The maximum absolute atomic E-state index is 12.5. The van der Waals surface area contributed by atoms with E-state index >= 15 is 0 Å². The van der Waals surface area contributed by atoms with Crippen molar-refractivity contribution in [3.05, 3.63) is 58.7 Å². The smallest absolute Gasteiger partial charge is 0.255 e. The van der Waals surface area contributed by atoms with Crippen molar-refractivity contribution in [2.75, 3.05) is 5.32 Å². The fraction of sp³-hybridized carbons (Fsp3) is 0.316. The summed E-state index contributed by atoms with van der Waals surface area (Å²) in [6.45, 7) is 7.89. The van der Waals surface area contributed by atoms with Crippen molar-refractivity contribution in [2.24, 2.45) is 11.1 Å². The lowest BCUT2D eigenvalue weighted by atomic mass is 10.0. The Morgan fingerprint density at radius 1 is 1.12 bits per heavy atom. The van der Waals surface area contributed by atoms with Gasteiger partial charge >= 0.3 is 0 Å². The molecule has 2 aromatic carbocycles. The van der Waals surface area contributed by atoms with E-state index in [1.165, 1.54) is 17.7 Å². The molecule has 5 nitrogen and oxygen atoms in total. The molecule has 0 saturated heterocycles. The molecule has 3 N–H and O–H groups in total. The van der Waals surface area contributed by atoms with E-state index in [4.69, 9.17) is 5.14 Å². The monoisotopic (exact) mass is 360 g/mol. The summed E-state index contributed by atoms with van der Waals surface area (Å²) >= 11 is 0. The summed E-state index contributed by atoms with van der Waals surface area (Å²) in [6, 6.07) is 10.3. The molecular formula is C19H24N2O3S. The lowest BCUT2D eigenvalue weighted by molar-refractivity contribution is 0.102. The second-order valence-corrected chi connectivity index (χ2v) is 8.27. The first-order valence-electron chi connectivity index (χ1n) is 8.12. The number of carbonyl (C=O) groups is 1. The van der Waals surface area contributed by atoms with Crippen molar-refractivity contribution in [3.63, 3.8) is 0 Å². The average molecular weight is 360 g/mol. The molecule has 1 amide bonds. The molecule has 0 unspecified atom stereocenters. The summed E-state index contributed by atoms with van der Waals surface area (Å²) in [4.78, 5) is 12.5. The van der Waals surface area contributed by atoms with Gasteiger partial charge < -0.3 is 5.32 Å². The predicted octanol–water partition coefficient (Wildman–Crippen LogP) is 3.40. The Bertz CT molecular complexity index is 886. The van der Waals surface area contributed by atoms with E-state index in [0.717, 1.165) is 17.5 Å². The molecule has 0 aromatic heterocycles. The molecule has 0 aliphatic heterocycles. The molecule has 134 valence electrons. The topological polar surface area (TPSA) is 89.3 Å². The fourth-order valence-corrected chi connectivity index (χ4v) is 3.20. The van der Waals surface area contributed by atoms with Gasteiger partial charge in [-0.2, -0.15) is 0 Å². The molecule has 0 atom stereocenters. The molecule has 0 heterocycles. The fourth-order valence-electron chi connectivity index (χ4n) is 2.58. The number of anilines is 1. The van der Waals surface area contributed by atoms with Gasteiger partial charge in [-0.25, -0.2) is 13.6 Å². The van der Waals surface area contributed by atoms with Crippen LogP contribution in [0.5, 0.6) is 0 Å². The zero-order chi connectivity index (χ0) is 18.8. The zero-order valence-corrected chi connectivity index (χ0v) is 15.8. The van der Waals surface area contributed by atoms with E-state index in [2.05, 4.69) is 19.2 Å².